The SMILES string of the molecule is CC(=O)C(CC(=O)O)NCC(c1ccccc1)N1CCCC1. The highest BCUT2D eigenvalue weighted by molar-refractivity contribution is 5.85. The van der Waals surface area contributed by atoms with Crippen molar-refractivity contribution in [2.24, 2.45) is 0 Å². The molecule has 2 rings (SSSR count). The molecule has 1 aliphatic heterocycles. The number of benzene rings is 1. The maximum absolute atomic E-state index is 11.6. The van der Waals surface area contributed by atoms with Crippen molar-refractivity contribution in [2.75, 3.05) is 19.6 Å². The fourth-order valence-corrected chi connectivity index (χ4v) is 2.97. The van der Waals surface area contributed by atoms with Crippen LogP contribution in [-0.2, 0) is 9.59 Å². The second-order valence-electron chi connectivity index (χ2n) is 5.84. The number of carbonyl (C=O) groups excluding carboxylic acids is 1. The highest BCUT2D eigenvalue weighted by Crippen LogP contribution is 2.24. The lowest BCUT2D eigenvalue weighted by atomic mass is 10.0. The summed E-state index contributed by atoms with van der Waals surface area (Å²) >= 11 is 0. The van der Waals surface area contributed by atoms with Crippen LogP contribution in [0.4, 0.5) is 0 Å². The monoisotopic (exact) mass is 304 g/mol. The molecule has 2 N–H and O–H groups in total. The van der Waals surface area contributed by atoms with E-state index in [1.807, 2.05) is 18.2 Å². The number of likely N-dealkylation sites (tertiary alicyclic amines) is 1. The second-order valence-corrected chi connectivity index (χ2v) is 5.84. The summed E-state index contributed by atoms with van der Waals surface area (Å²) in [6, 6.07) is 9.75. The minimum atomic E-state index is -0.954. The molecule has 0 bridgehead atoms. The lowest BCUT2D eigenvalue weighted by Gasteiger charge is -2.29. The summed E-state index contributed by atoms with van der Waals surface area (Å²) in [4.78, 5) is 24.9. The summed E-state index contributed by atoms with van der Waals surface area (Å²) < 4.78 is 0. The van der Waals surface area contributed by atoms with Gasteiger partial charge in [0.15, 0.2) is 0 Å². The number of carboxylic acid groups (broad SMARTS) is 1. The number of nitrogens with zero attached hydrogens (tertiary/aromatic N) is 1. The summed E-state index contributed by atoms with van der Waals surface area (Å²) in [6.07, 6.45) is 2.21. The number of hydrogen-bond acceptors (Lipinski definition) is 4. The molecule has 0 aliphatic carbocycles. The third-order valence-corrected chi connectivity index (χ3v) is 4.19. The van der Waals surface area contributed by atoms with Crippen LogP contribution in [-0.4, -0.2) is 47.4 Å². The van der Waals surface area contributed by atoms with Gasteiger partial charge in [-0.3, -0.25) is 14.5 Å². The first kappa shape index (κ1) is 16.6. The van der Waals surface area contributed by atoms with Gasteiger partial charge in [0.1, 0.15) is 5.78 Å². The normalized spacial score (nSPS) is 18.0. The van der Waals surface area contributed by atoms with Crippen molar-refractivity contribution in [2.45, 2.75) is 38.3 Å². The zero-order valence-corrected chi connectivity index (χ0v) is 13.0. The second kappa shape index (κ2) is 8.06. The van der Waals surface area contributed by atoms with Gasteiger partial charge in [0.05, 0.1) is 12.5 Å². The van der Waals surface area contributed by atoms with E-state index >= 15 is 0 Å². The maximum Gasteiger partial charge on any atom is 0.305 e. The van der Waals surface area contributed by atoms with Gasteiger partial charge >= 0.3 is 5.97 Å². The van der Waals surface area contributed by atoms with Gasteiger partial charge in [-0.25, -0.2) is 0 Å². The summed E-state index contributed by atoms with van der Waals surface area (Å²) in [5.74, 6) is -1.08. The lowest BCUT2D eigenvalue weighted by Crippen LogP contribution is -2.43. The van der Waals surface area contributed by atoms with Gasteiger partial charge in [-0.2, -0.15) is 0 Å². The van der Waals surface area contributed by atoms with Crippen LogP contribution in [0.3, 0.4) is 0 Å². The van der Waals surface area contributed by atoms with E-state index in [0.717, 1.165) is 13.1 Å². The highest BCUT2D eigenvalue weighted by atomic mass is 16.4. The highest BCUT2D eigenvalue weighted by Gasteiger charge is 2.25. The van der Waals surface area contributed by atoms with Crippen molar-refractivity contribution >= 4 is 11.8 Å². The molecule has 2 unspecified atom stereocenters. The molecule has 1 saturated heterocycles. The third-order valence-electron chi connectivity index (χ3n) is 4.19. The van der Waals surface area contributed by atoms with Crippen LogP contribution in [0, 0.1) is 0 Å². The Morgan fingerprint density at radius 2 is 1.86 bits per heavy atom. The number of carbonyl (C=O) groups is 2. The van der Waals surface area contributed by atoms with Crippen molar-refractivity contribution in [3.63, 3.8) is 0 Å². The molecule has 0 amide bonds. The molecule has 0 aromatic heterocycles. The number of Topliss-reactive ketones (excluding diaryl/α,β-unsaturated/α-hetero) is 1. The molecule has 1 aliphatic rings. The zero-order valence-electron chi connectivity index (χ0n) is 13.0. The van der Waals surface area contributed by atoms with Crippen LogP contribution >= 0.6 is 0 Å². The fourth-order valence-electron chi connectivity index (χ4n) is 2.97. The van der Waals surface area contributed by atoms with E-state index in [1.165, 1.54) is 25.3 Å². The van der Waals surface area contributed by atoms with E-state index in [1.54, 1.807) is 0 Å². The maximum atomic E-state index is 11.6. The van der Waals surface area contributed by atoms with Gasteiger partial charge in [-0.05, 0) is 38.4 Å². The molecule has 0 spiro atoms. The van der Waals surface area contributed by atoms with Crippen LogP contribution in [0.15, 0.2) is 30.3 Å². The number of nitrogens with one attached hydrogen (secondary N) is 1. The van der Waals surface area contributed by atoms with Gasteiger partial charge in [0.2, 0.25) is 0 Å². The first-order valence-corrected chi connectivity index (χ1v) is 7.82. The predicted octanol–water partition coefficient (Wildman–Crippen LogP) is 1.85. The number of rotatable bonds is 8. The minimum absolute atomic E-state index is 0.129. The van der Waals surface area contributed by atoms with Crippen molar-refractivity contribution < 1.29 is 14.7 Å². The Hall–Kier alpha value is -1.72. The molecule has 1 aromatic rings. The van der Waals surface area contributed by atoms with Gasteiger partial charge in [0, 0.05) is 12.6 Å². The molecule has 1 aromatic carbocycles. The molecule has 22 heavy (non-hydrogen) atoms. The van der Waals surface area contributed by atoms with Crippen molar-refractivity contribution in [3.8, 4) is 0 Å². The molecular formula is C17H24N2O3. The zero-order chi connectivity index (χ0) is 15.9. The Kier molecular flexibility index (Phi) is 6.10. The number of hydrogen-bond donors (Lipinski definition) is 2. The summed E-state index contributed by atoms with van der Waals surface area (Å²) in [5.41, 5.74) is 1.20. The van der Waals surface area contributed by atoms with E-state index in [2.05, 4.69) is 22.3 Å². The Bertz CT molecular complexity index is 498. The average Bonchev–Trinajstić information content (AvgIpc) is 3.01. The number of carboxylic acids is 1. The number of ketones is 1. The Balaban J connectivity index is 2.06. The van der Waals surface area contributed by atoms with Crippen LogP contribution in [0.1, 0.15) is 37.8 Å². The van der Waals surface area contributed by atoms with Crippen LogP contribution in [0.25, 0.3) is 0 Å². The van der Waals surface area contributed by atoms with Gasteiger partial charge in [-0.15, -0.1) is 0 Å². The molecule has 5 nitrogen and oxygen atoms in total. The fraction of sp³-hybridized carbons (Fsp3) is 0.529. The lowest BCUT2D eigenvalue weighted by molar-refractivity contribution is -0.139. The standard InChI is InChI=1S/C17H24N2O3/c1-13(20)15(11-17(21)22)18-12-16(19-9-5-6-10-19)14-7-3-2-4-8-14/h2-4,7-8,15-16,18H,5-6,9-12H2,1H3,(H,21,22). The van der Waals surface area contributed by atoms with Crippen LogP contribution < -0.4 is 5.32 Å². The predicted molar refractivity (Wildman–Crippen MR) is 84.7 cm³/mol. The molecule has 0 radical (unpaired) electrons. The smallest absolute Gasteiger partial charge is 0.305 e. The summed E-state index contributed by atoms with van der Waals surface area (Å²) in [6.45, 7) is 4.12. The largest absolute Gasteiger partial charge is 0.481 e. The Morgan fingerprint density at radius 3 is 2.41 bits per heavy atom. The number of aliphatic carboxylic acids is 1. The molecule has 1 heterocycles. The van der Waals surface area contributed by atoms with E-state index in [9.17, 15) is 9.59 Å². The first-order valence-electron chi connectivity index (χ1n) is 7.82. The molecule has 2 atom stereocenters. The van der Waals surface area contributed by atoms with Gasteiger partial charge in [0.25, 0.3) is 0 Å². The molecule has 0 saturated carbocycles. The van der Waals surface area contributed by atoms with Crippen LogP contribution in [0.2, 0.25) is 0 Å². The van der Waals surface area contributed by atoms with Crippen molar-refractivity contribution in [3.05, 3.63) is 35.9 Å². The first-order chi connectivity index (χ1) is 10.6. The summed E-state index contributed by atoms with van der Waals surface area (Å²) in [7, 11) is 0. The van der Waals surface area contributed by atoms with E-state index < -0.39 is 12.0 Å². The third kappa shape index (κ3) is 4.64. The average molecular weight is 304 g/mol. The molecular weight excluding hydrogens is 280 g/mol. The van der Waals surface area contributed by atoms with Crippen LogP contribution in [0.5, 0.6) is 0 Å². The summed E-state index contributed by atoms with van der Waals surface area (Å²) in [5, 5.41) is 12.1. The van der Waals surface area contributed by atoms with E-state index in [0.29, 0.717) is 6.54 Å². The van der Waals surface area contributed by atoms with Gasteiger partial charge < -0.3 is 10.4 Å². The molecule has 1 fully saturated rings. The van der Waals surface area contributed by atoms with Crippen molar-refractivity contribution in [1.82, 2.24) is 10.2 Å². The topological polar surface area (TPSA) is 69.6 Å². The Morgan fingerprint density at radius 1 is 1.23 bits per heavy atom. The quantitative estimate of drug-likeness (QED) is 0.767. The van der Waals surface area contributed by atoms with Crippen molar-refractivity contribution in [1.29, 1.82) is 0 Å². The molecule has 5 heteroatoms. The minimum Gasteiger partial charge on any atom is -0.481 e. The Labute approximate surface area is 131 Å². The van der Waals surface area contributed by atoms with E-state index in [4.69, 9.17) is 5.11 Å². The molecule has 120 valence electrons. The van der Waals surface area contributed by atoms with Gasteiger partial charge in [-0.1, -0.05) is 30.3 Å². The van der Waals surface area contributed by atoms with E-state index in [-0.39, 0.29) is 18.2 Å².